The summed E-state index contributed by atoms with van der Waals surface area (Å²) in [5.74, 6) is -2.00. The molecule has 236 valence electrons. The Hall–Kier alpha value is -3.62. The number of hydrogen-bond donors (Lipinski definition) is 3. The van der Waals surface area contributed by atoms with Gasteiger partial charge in [0.25, 0.3) is 11.8 Å². The Balaban J connectivity index is 1.50. The third-order valence-electron chi connectivity index (χ3n) is 8.36. The second kappa shape index (κ2) is 15.9. The number of carbonyl (C=O) groups excluding carboxylic acids is 2. The van der Waals surface area contributed by atoms with Crippen LogP contribution in [0, 0.1) is 18.6 Å². The number of likely N-dealkylation sites (tertiary alicyclic amines) is 1. The summed E-state index contributed by atoms with van der Waals surface area (Å²) in [5.41, 5.74) is 4.11. The average molecular weight is 606 g/mol. The highest BCUT2D eigenvalue weighted by Gasteiger charge is 2.30. The Morgan fingerprint density at radius 2 is 1.70 bits per heavy atom. The number of aliphatic hydroxyl groups is 1. The number of nitrogens with zero attached hydrogens (tertiary/aromatic N) is 1. The van der Waals surface area contributed by atoms with E-state index in [0.717, 1.165) is 55.7 Å². The van der Waals surface area contributed by atoms with Gasteiger partial charge in [-0.05, 0) is 91.6 Å². The number of rotatable bonds is 14. The molecule has 3 aromatic carbocycles. The summed E-state index contributed by atoms with van der Waals surface area (Å²) in [6.45, 7) is 7.43. The van der Waals surface area contributed by atoms with Crippen LogP contribution >= 0.6 is 0 Å². The largest absolute Gasteiger partial charge is 0.390 e. The lowest BCUT2D eigenvalue weighted by molar-refractivity contribution is 0.0728. The second-order valence-corrected chi connectivity index (χ2v) is 12.0. The lowest BCUT2D eigenvalue weighted by Crippen LogP contribution is -2.48. The molecule has 1 saturated heterocycles. The molecule has 1 fully saturated rings. The lowest BCUT2D eigenvalue weighted by Gasteiger charge is -2.26. The van der Waals surface area contributed by atoms with E-state index in [2.05, 4.69) is 36.6 Å². The zero-order valence-electron chi connectivity index (χ0n) is 26.0. The van der Waals surface area contributed by atoms with E-state index in [1.165, 1.54) is 17.7 Å². The first kappa shape index (κ1) is 33.3. The zero-order chi connectivity index (χ0) is 31.6. The summed E-state index contributed by atoms with van der Waals surface area (Å²) in [5, 5.41) is 17.3. The van der Waals surface area contributed by atoms with Crippen molar-refractivity contribution in [1.82, 2.24) is 15.5 Å². The van der Waals surface area contributed by atoms with Crippen LogP contribution in [0.1, 0.15) is 88.9 Å². The van der Waals surface area contributed by atoms with E-state index in [9.17, 15) is 23.5 Å². The van der Waals surface area contributed by atoms with Gasteiger partial charge in [-0.1, -0.05) is 51.0 Å². The molecular weight excluding hydrogens is 560 g/mol. The molecule has 1 heterocycles. The Bertz CT molecular complexity index is 1410. The summed E-state index contributed by atoms with van der Waals surface area (Å²) >= 11 is 0. The molecule has 0 bridgehead atoms. The van der Waals surface area contributed by atoms with Crippen molar-refractivity contribution in [2.24, 2.45) is 0 Å². The van der Waals surface area contributed by atoms with Crippen LogP contribution in [0.2, 0.25) is 0 Å². The van der Waals surface area contributed by atoms with Crippen LogP contribution in [0.25, 0.3) is 0 Å². The molecule has 1 aliphatic heterocycles. The van der Waals surface area contributed by atoms with Gasteiger partial charge >= 0.3 is 0 Å². The molecule has 1 aliphatic rings. The lowest BCUT2D eigenvalue weighted by atomic mass is 9.99. The Kier molecular flexibility index (Phi) is 12.0. The van der Waals surface area contributed by atoms with Gasteiger partial charge in [-0.2, -0.15) is 0 Å². The summed E-state index contributed by atoms with van der Waals surface area (Å²) in [6, 6.07) is 15.8. The molecule has 0 radical (unpaired) electrons. The minimum atomic E-state index is -1.06. The number of aliphatic hydroxyl groups excluding tert-OH is 1. The maximum Gasteiger partial charge on any atom is 0.254 e. The number of amides is 2. The van der Waals surface area contributed by atoms with Crippen LogP contribution in [0.4, 0.5) is 8.78 Å². The molecule has 3 aromatic rings. The monoisotopic (exact) mass is 605 g/mol. The van der Waals surface area contributed by atoms with E-state index in [4.69, 9.17) is 0 Å². The van der Waals surface area contributed by atoms with Gasteiger partial charge in [-0.25, -0.2) is 8.78 Å². The minimum absolute atomic E-state index is 0.0130. The van der Waals surface area contributed by atoms with Gasteiger partial charge < -0.3 is 20.6 Å². The topological polar surface area (TPSA) is 81.7 Å². The molecule has 2 amide bonds. The molecule has 0 saturated carbocycles. The van der Waals surface area contributed by atoms with E-state index >= 15 is 0 Å². The molecule has 8 heteroatoms. The number of nitrogens with one attached hydrogen (secondary N) is 2. The fraction of sp³-hybridized carbons (Fsp3) is 0.444. The van der Waals surface area contributed by atoms with Crippen LogP contribution in [0.3, 0.4) is 0 Å². The number of halogens is 2. The number of carbonyl (C=O) groups is 2. The first-order valence-electron chi connectivity index (χ1n) is 15.8. The smallest absolute Gasteiger partial charge is 0.254 e. The van der Waals surface area contributed by atoms with Crippen molar-refractivity contribution in [1.29, 1.82) is 0 Å². The van der Waals surface area contributed by atoms with E-state index in [1.54, 1.807) is 18.2 Å². The van der Waals surface area contributed by atoms with Crippen molar-refractivity contribution >= 4 is 11.8 Å². The van der Waals surface area contributed by atoms with E-state index in [1.807, 2.05) is 24.0 Å². The van der Waals surface area contributed by atoms with Crippen LogP contribution in [-0.2, 0) is 19.4 Å². The van der Waals surface area contributed by atoms with Crippen molar-refractivity contribution in [2.45, 2.75) is 90.4 Å². The third-order valence-corrected chi connectivity index (χ3v) is 8.36. The van der Waals surface area contributed by atoms with Crippen LogP contribution in [0.15, 0.2) is 60.7 Å². The SMILES string of the molecule is CCCC[C@H]1CCCN1C(=O)c1cc(C)cc(C(=O)N[C@@H](Cc2cc(F)cc(F)c2)[C@H](O)CNCc2cccc(CC)c2)c1. The second-order valence-electron chi connectivity index (χ2n) is 12.0. The fourth-order valence-corrected chi connectivity index (χ4v) is 6.03. The predicted octanol–water partition coefficient (Wildman–Crippen LogP) is 6.12. The van der Waals surface area contributed by atoms with Gasteiger partial charge in [0.2, 0.25) is 0 Å². The molecule has 0 spiro atoms. The first-order valence-corrected chi connectivity index (χ1v) is 15.8. The van der Waals surface area contributed by atoms with Crippen molar-refractivity contribution in [2.75, 3.05) is 13.1 Å². The van der Waals surface area contributed by atoms with Crippen LogP contribution in [-0.4, -0.2) is 53.1 Å². The molecule has 0 aromatic heterocycles. The quantitative estimate of drug-likeness (QED) is 0.207. The van der Waals surface area contributed by atoms with E-state index in [0.29, 0.717) is 29.8 Å². The highest BCUT2D eigenvalue weighted by Crippen LogP contribution is 2.25. The molecule has 6 nitrogen and oxygen atoms in total. The highest BCUT2D eigenvalue weighted by molar-refractivity contribution is 6.00. The molecule has 4 rings (SSSR count). The normalized spacial score (nSPS) is 16.1. The third kappa shape index (κ3) is 9.19. The number of benzene rings is 3. The van der Waals surface area contributed by atoms with Crippen LogP contribution in [0.5, 0.6) is 0 Å². The first-order chi connectivity index (χ1) is 21.2. The minimum Gasteiger partial charge on any atom is -0.390 e. The molecule has 0 aliphatic carbocycles. The van der Waals surface area contributed by atoms with Crippen molar-refractivity contribution in [3.05, 3.63) is 106 Å². The number of hydrogen-bond acceptors (Lipinski definition) is 4. The molecular formula is C36H45F2N3O3. The maximum atomic E-state index is 14.0. The van der Waals surface area contributed by atoms with Gasteiger partial charge in [0.1, 0.15) is 11.6 Å². The Labute approximate surface area is 259 Å². The van der Waals surface area contributed by atoms with Gasteiger partial charge in [-0.3, -0.25) is 9.59 Å². The van der Waals surface area contributed by atoms with E-state index < -0.39 is 29.7 Å². The summed E-state index contributed by atoms with van der Waals surface area (Å²) < 4.78 is 28.0. The summed E-state index contributed by atoms with van der Waals surface area (Å²) in [6.07, 6.45) is 4.94. The van der Waals surface area contributed by atoms with Crippen LogP contribution < -0.4 is 10.6 Å². The number of aryl methyl sites for hydroxylation is 2. The van der Waals surface area contributed by atoms with E-state index in [-0.39, 0.29) is 24.9 Å². The predicted molar refractivity (Wildman–Crippen MR) is 170 cm³/mol. The maximum absolute atomic E-state index is 14.0. The van der Waals surface area contributed by atoms with Crippen molar-refractivity contribution in [3.8, 4) is 0 Å². The highest BCUT2D eigenvalue weighted by atomic mass is 19.1. The van der Waals surface area contributed by atoms with Gasteiger partial charge in [0, 0.05) is 42.9 Å². The van der Waals surface area contributed by atoms with Gasteiger partial charge in [0.05, 0.1) is 12.1 Å². The Morgan fingerprint density at radius 3 is 2.43 bits per heavy atom. The zero-order valence-corrected chi connectivity index (χ0v) is 26.0. The van der Waals surface area contributed by atoms with Gasteiger partial charge in [-0.15, -0.1) is 0 Å². The molecule has 3 atom stereocenters. The summed E-state index contributed by atoms with van der Waals surface area (Å²) in [7, 11) is 0. The standard InChI is InChI=1S/C36H45F2N3O3/c1-4-6-11-32-12-8-13-41(32)36(44)29-15-24(3)14-28(20-29)35(43)40-33(19-27-17-30(37)21-31(38)18-27)34(42)23-39-22-26-10-7-9-25(5-2)16-26/h7,9-10,14-18,20-21,32-34,39,42H,4-6,8,11-13,19,22-23H2,1-3H3,(H,40,43)/t32-,33-,34+/m0/s1. The Morgan fingerprint density at radius 1 is 0.977 bits per heavy atom. The summed E-state index contributed by atoms with van der Waals surface area (Å²) in [4.78, 5) is 29.1. The number of unbranched alkanes of at least 4 members (excludes halogenated alkanes) is 1. The van der Waals surface area contributed by atoms with Crippen molar-refractivity contribution < 1.29 is 23.5 Å². The molecule has 3 N–H and O–H groups in total. The van der Waals surface area contributed by atoms with Crippen molar-refractivity contribution in [3.63, 3.8) is 0 Å². The average Bonchev–Trinajstić information content (AvgIpc) is 3.47. The fourth-order valence-electron chi connectivity index (χ4n) is 6.03. The molecule has 44 heavy (non-hydrogen) atoms. The van der Waals surface area contributed by atoms with Gasteiger partial charge in [0.15, 0.2) is 0 Å². The molecule has 0 unspecified atom stereocenters.